The Morgan fingerprint density at radius 2 is 2.29 bits per heavy atom. The lowest BCUT2D eigenvalue weighted by molar-refractivity contribution is -0.123. The van der Waals surface area contributed by atoms with E-state index in [1.165, 1.54) is 0 Å². The number of amides is 1. The Balaban J connectivity index is 2.42. The Hall–Kier alpha value is -0.280. The van der Waals surface area contributed by atoms with Crippen molar-refractivity contribution in [2.45, 2.75) is 32.2 Å². The number of halogens is 1. The Morgan fingerprint density at radius 3 is 2.86 bits per heavy atom. The van der Waals surface area contributed by atoms with Crippen molar-refractivity contribution >= 4 is 17.5 Å². The number of piperidine rings is 1. The predicted octanol–water partition coefficient (Wildman–Crippen LogP) is 1.20. The molecule has 0 spiro atoms. The zero-order valence-electron chi connectivity index (χ0n) is 8.71. The molecule has 1 aliphatic heterocycles. The molecule has 2 atom stereocenters. The van der Waals surface area contributed by atoms with Crippen LogP contribution in [-0.4, -0.2) is 35.8 Å². The van der Waals surface area contributed by atoms with Crippen molar-refractivity contribution in [1.29, 1.82) is 0 Å². The summed E-state index contributed by atoms with van der Waals surface area (Å²) in [7, 11) is 0. The number of primary amides is 1. The number of nitrogens with zero attached hydrogens (tertiary/aromatic N) is 1. The van der Waals surface area contributed by atoms with Gasteiger partial charge in [-0.05, 0) is 32.7 Å². The summed E-state index contributed by atoms with van der Waals surface area (Å²) in [6, 6.07) is 0.564. The van der Waals surface area contributed by atoms with E-state index in [2.05, 4.69) is 11.8 Å². The fourth-order valence-corrected chi connectivity index (χ4v) is 2.11. The van der Waals surface area contributed by atoms with Crippen LogP contribution in [0, 0.1) is 5.92 Å². The highest BCUT2D eigenvalue weighted by Gasteiger charge is 2.27. The van der Waals surface area contributed by atoms with Gasteiger partial charge in [-0.1, -0.05) is 0 Å². The van der Waals surface area contributed by atoms with Gasteiger partial charge in [0.05, 0.1) is 5.92 Å². The van der Waals surface area contributed by atoms with E-state index in [4.69, 9.17) is 17.3 Å². The van der Waals surface area contributed by atoms with Crippen LogP contribution in [0.25, 0.3) is 0 Å². The fourth-order valence-electron chi connectivity index (χ4n) is 1.99. The highest BCUT2D eigenvalue weighted by atomic mass is 35.5. The third-order valence-corrected chi connectivity index (χ3v) is 3.26. The monoisotopic (exact) mass is 218 g/mol. The number of alkyl halides is 1. The average molecular weight is 219 g/mol. The number of hydrogen-bond acceptors (Lipinski definition) is 2. The van der Waals surface area contributed by atoms with Crippen LogP contribution in [-0.2, 0) is 4.79 Å². The minimum Gasteiger partial charge on any atom is -0.369 e. The molecule has 1 saturated heterocycles. The minimum atomic E-state index is -0.159. The zero-order valence-corrected chi connectivity index (χ0v) is 9.46. The number of rotatable bonds is 4. The number of carbonyl (C=O) groups excluding carboxylic acids is 1. The first-order chi connectivity index (χ1) is 6.65. The van der Waals surface area contributed by atoms with Gasteiger partial charge in [-0.2, -0.15) is 0 Å². The van der Waals surface area contributed by atoms with Crippen LogP contribution in [0.15, 0.2) is 0 Å². The van der Waals surface area contributed by atoms with Crippen molar-refractivity contribution < 1.29 is 4.79 Å². The lowest BCUT2D eigenvalue weighted by atomic mass is 9.93. The second-order valence-corrected chi connectivity index (χ2v) is 4.44. The second kappa shape index (κ2) is 5.56. The van der Waals surface area contributed by atoms with Gasteiger partial charge in [-0.3, -0.25) is 9.69 Å². The van der Waals surface area contributed by atoms with Crippen LogP contribution in [0.5, 0.6) is 0 Å². The summed E-state index contributed by atoms with van der Waals surface area (Å²) < 4.78 is 0. The molecule has 14 heavy (non-hydrogen) atoms. The third-order valence-electron chi connectivity index (χ3n) is 2.99. The van der Waals surface area contributed by atoms with Crippen LogP contribution >= 0.6 is 11.6 Å². The molecule has 4 heteroatoms. The minimum absolute atomic E-state index is 0.0431. The van der Waals surface area contributed by atoms with E-state index in [0.717, 1.165) is 32.4 Å². The van der Waals surface area contributed by atoms with Crippen LogP contribution in [0.1, 0.15) is 26.2 Å². The van der Waals surface area contributed by atoms with E-state index in [-0.39, 0.29) is 11.8 Å². The number of carbonyl (C=O) groups is 1. The summed E-state index contributed by atoms with van der Waals surface area (Å²) >= 11 is 5.65. The number of likely N-dealkylation sites (tertiary alicyclic amines) is 1. The van der Waals surface area contributed by atoms with Crippen LogP contribution in [0.2, 0.25) is 0 Å². The molecule has 1 fully saturated rings. The Morgan fingerprint density at radius 1 is 1.57 bits per heavy atom. The van der Waals surface area contributed by atoms with Crippen LogP contribution in [0.3, 0.4) is 0 Å². The standard InChI is InChI=1S/C10H19ClN2O/c1-8-3-4-9(10(12)14)7-13(8)6-2-5-11/h8-9H,2-7H2,1H3,(H2,12,14). The Bertz CT molecular complexity index is 199. The van der Waals surface area contributed by atoms with E-state index in [9.17, 15) is 4.79 Å². The Labute approximate surface area is 90.6 Å². The zero-order chi connectivity index (χ0) is 10.6. The molecule has 0 aromatic carbocycles. The normalized spacial score (nSPS) is 29.0. The third kappa shape index (κ3) is 3.14. The first-order valence-electron chi connectivity index (χ1n) is 5.24. The highest BCUT2D eigenvalue weighted by Crippen LogP contribution is 2.21. The lowest BCUT2D eigenvalue weighted by Gasteiger charge is -2.36. The van der Waals surface area contributed by atoms with E-state index in [1.54, 1.807) is 0 Å². The second-order valence-electron chi connectivity index (χ2n) is 4.06. The summed E-state index contributed by atoms with van der Waals surface area (Å²) in [6.07, 6.45) is 2.99. The van der Waals surface area contributed by atoms with E-state index >= 15 is 0 Å². The maximum Gasteiger partial charge on any atom is 0.221 e. The number of hydrogen-bond donors (Lipinski definition) is 1. The lowest BCUT2D eigenvalue weighted by Crippen LogP contribution is -2.46. The maximum atomic E-state index is 11.0. The van der Waals surface area contributed by atoms with Gasteiger partial charge in [-0.15, -0.1) is 11.6 Å². The topological polar surface area (TPSA) is 46.3 Å². The van der Waals surface area contributed by atoms with Crippen molar-refractivity contribution in [3.8, 4) is 0 Å². The van der Waals surface area contributed by atoms with Gasteiger partial charge in [0.2, 0.25) is 5.91 Å². The van der Waals surface area contributed by atoms with Gasteiger partial charge in [0.25, 0.3) is 0 Å². The van der Waals surface area contributed by atoms with Crippen molar-refractivity contribution in [1.82, 2.24) is 4.90 Å². The van der Waals surface area contributed by atoms with Crippen molar-refractivity contribution in [2.75, 3.05) is 19.0 Å². The summed E-state index contributed by atoms with van der Waals surface area (Å²) in [5.41, 5.74) is 5.31. The SMILES string of the molecule is CC1CCC(C(N)=O)CN1CCCCl. The van der Waals surface area contributed by atoms with Gasteiger partial charge in [0.15, 0.2) is 0 Å². The highest BCUT2D eigenvalue weighted by molar-refractivity contribution is 6.17. The molecule has 1 heterocycles. The van der Waals surface area contributed by atoms with E-state index in [0.29, 0.717) is 11.9 Å². The molecular weight excluding hydrogens is 200 g/mol. The summed E-state index contributed by atoms with van der Waals surface area (Å²) in [4.78, 5) is 13.4. The Kier molecular flexibility index (Phi) is 4.69. The average Bonchev–Trinajstić information content (AvgIpc) is 2.16. The molecule has 2 N–H and O–H groups in total. The van der Waals surface area contributed by atoms with Crippen LogP contribution in [0.4, 0.5) is 0 Å². The first kappa shape index (κ1) is 11.8. The molecule has 82 valence electrons. The van der Waals surface area contributed by atoms with Crippen molar-refractivity contribution in [2.24, 2.45) is 11.7 Å². The first-order valence-corrected chi connectivity index (χ1v) is 5.78. The summed E-state index contributed by atoms with van der Waals surface area (Å²) in [5.74, 6) is 0.569. The molecule has 0 bridgehead atoms. The molecule has 0 aromatic heterocycles. The molecule has 1 rings (SSSR count). The maximum absolute atomic E-state index is 11.0. The number of nitrogens with two attached hydrogens (primary N) is 1. The quantitative estimate of drug-likeness (QED) is 0.721. The van der Waals surface area contributed by atoms with Gasteiger partial charge >= 0.3 is 0 Å². The largest absolute Gasteiger partial charge is 0.369 e. The fraction of sp³-hybridized carbons (Fsp3) is 0.900. The molecule has 2 unspecified atom stereocenters. The van der Waals surface area contributed by atoms with E-state index < -0.39 is 0 Å². The summed E-state index contributed by atoms with van der Waals surface area (Å²) in [6.45, 7) is 3.99. The molecule has 0 aromatic rings. The molecule has 0 aliphatic carbocycles. The predicted molar refractivity (Wildman–Crippen MR) is 58.3 cm³/mol. The van der Waals surface area contributed by atoms with Gasteiger partial charge in [-0.25, -0.2) is 0 Å². The molecule has 3 nitrogen and oxygen atoms in total. The molecule has 0 radical (unpaired) electrons. The summed E-state index contributed by atoms with van der Waals surface area (Å²) in [5, 5.41) is 0. The molecular formula is C10H19ClN2O. The molecule has 1 amide bonds. The van der Waals surface area contributed by atoms with Crippen molar-refractivity contribution in [3.63, 3.8) is 0 Å². The molecule has 1 aliphatic rings. The van der Waals surface area contributed by atoms with Gasteiger partial charge in [0, 0.05) is 18.5 Å². The van der Waals surface area contributed by atoms with Crippen molar-refractivity contribution in [3.05, 3.63) is 0 Å². The van der Waals surface area contributed by atoms with Gasteiger partial charge in [0.1, 0.15) is 0 Å². The molecule has 0 saturated carbocycles. The smallest absolute Gasteiger partial charge is 0.221 e. The van der Waals surface area contributed by atoms with E-state index in [1.807, 2.05) is 0 Å². The van der Waals surface area contributed by atoms with Crippen LogP contribution < -0.4 is 5.73 Å². The van der Waals surface area contributed by atoms with Gasteiger partial charge < -0.3 is 5.73 Å².